The highest BCUT2D eigenvalue weighted by Crippen LogP contribution is 2.31. The fourth-order valence-electron chi connectivity index (χ4n) is 3.14. The van der Waals surface area contributed by atoms with Gasteiger partial charge < -0.3 is 0 Å². The van der Waals surface area contributed by atoms with E-state index in [-0.39, 0.29) is 0 Å². The largest absolute Gasteiger partial charge is 0.262 e. The summed E-state index contributed by atoms with van der Waals surface area (Å²) in [7, 11) is 0. The zero-order valence-electron chi connectivity index (χ0n) is 11.9. The molecule has 3 aromatic rings. The minimum Gasteiger partial charge on any atom is -0.262 e. The molecule has 0 unspecified atom stereocenters. The van der Waals surface area contributed by atoms with E-state index in [2.05, 4.69) is 32.3 Å². The number of pyridine rings is 1. The van der Waals surface area contributed by atoms with Crippen molar-refractivity contribution in [3.8, 4) is 11.5 Å². The first kappa shape index (κ1) is 12.5. The molecule has 21 heavy (non-hydrogen) atoms. The number of aromatic amines is 1. The van der Waals surface area contributed by atoms with E-state index in [1.54, 1.807) is 0 Å². The zero-order valence-corrected chi connectivity index (χ0v) is 11.9. The van der Waals surface area contributed by atoms with Gasteiger partial charge in [-0.2, -0.15) is 5.10 Å². The highest BCUT2D eigenvalue weighted by atomic mass is 15.2. The summed E-state index contributed by atoms with van der Waals surface area (Å²) in [5.41, 5.74) is 1.83. The molecule has 1 N–H and O–H groups in total. The van der Waals surface area contributed by atoms with E-state index < -0.39 is 0 Å². The second-order valence-electron chi connectivity index (χ2n) is 5.77. The third-order valence-electron chi connectivity index (χ3n) is 4.32. The average Bonchev–Trinajstić information content (AvgIpc) is 3.05. The van der Waals surface area contributed by atoms with Crippen LogP contribution in [-0.2, 0) is 0 Å². The molecule has 4 nitrogen and oxygen atoms in total. The lowest BCUT2D eigenvalue weighted by Crippen LogP contribution is -2.06. The molecule has 1 fully saturated rings. The molecule has 4 rings (SSSR count). The van der Waals surface area contributed by atoms with Crippen LogP contribution in [0.5, 0.6) is 0 Å². The number of hydrogen-bond acceptors (Lipinski definition) is 3. The predicted octanol–water partition coefficient (Wildman–Crippen LogP) is 4.07. The van der Waals surface area contributed by atoms with Crippen molar-refractivity contribution in [1.29, 1.82) is 0 Å². The normalized spacial score (nSPS) is 16.4. The molecular formula is C17H18N4. The SMILES string of the molecule is c1ccc2nc(-c3n[nH]c(C4CCCCC4)n3)ccc2c1. The van der Waals surface area contributed by atoms with Gasteiger partial charge in [-0.1, -0.05) is 43.5 Å². The molecular weight excluding hydrogens is 260 g/mol. The molecule has 0 spiro atoms. The van der Waals surface area contributed by atoms with E-state index in [0.717, 1.165) is 22.4 Å². The second kappa shape index (κ2) is 5.28. The Kier molecular flexibility index (Phi) is 3.14. The number of hydrogen-bond donors (Lipinski definition) is 1. The van der Waals surface area contributed by atoms with Crippen LogP contribution in [0.15, 0.2) is 36.4 Å². The van der Waals surface area contributed by atoms with E-state index in [9.17, 15) is 0 Å². The summed E-state index contributed by atoms with van der Waals surface area (Å²) in [6, 6.07) is 12.2. The predicted molar refractivity (Wildman–Crippen MR) is 82.9 cm³/mol. The number of rotatable bonds is 2. The van der Waals surface area contributed by atoms with Crippen LogP contribution in [0.2, 0.25) is 0 Å². The molecule has 2 heterocycles. The molecule has 1 aliphatic rings. The Balaban J connectivity index is 1.67. The maximum Gasteiger partial charge on any atom is 0.199 e. The summed E-state index contributed by atoms with van der Waals surface area (Å²) in [4.78, 5) is 9.34. The Hall–Kier alpha value is -2.23. The molecule has 0 aliphatic heterocycles. The Labute approximate surface area is 123 Å². The van der Waals surface area contributed by atoms with Crippen molar-refractivity contribution in [2.45, 2.75) is 38.0 Å². The molecule has 1 aromatic carbocycles. The van der Waals surface area contributed by atoms with Crippen molar-refractivity contribution in [2.75, 3.05) is 0 Å². The number of nitrogens with zero attached hydrogens (tertiary/aromatic N) is 3. The quantitative estimate of drug-likeness (QED) is 0.768. The molecule has 2 aromatic heterocycles. The second-order valence-corrected chi connectivity index (χ2v) is 5.77. The molecule has 0 radical (unpaired) electrons. The minimum atomic E-state index is 0.542. The van der Waals surface area contributed by atoms with Crippen LogP contribution in [0, 0.1) is 0 Å². The van der Waals surface area contributed by atoms with E-state index in [1.165, 1.54) is 32.1 Å². The van der Waals surface area contributed by atoms with Crippen molar-refractivity contribution in [1.82, 2.24) is 20.2 Å². The molecule has 1 aliphatic carbocycles. The van der Waals surface area contributed by atoms with Gasteiger partial charge in [-0.25, -0.2) is 9.97 Å². The maximum atomic E-state index is 4.68. The van der Waals surface area contributed by atoms with Gasteiger partial charge in [0.05, 0.1) is 5.52 Å². The highest BCUT2D eigenvalue weighted by Gasteiger charge is 2.19. The summed E-state index contributed by atoms with van der Waals surface area (Å²) in [6.07, 6.45) is 6.40. The average molecular weight is 278 g/mol. The number of aromatic nitrogens is 4. The number of fused-ring (bicyclic) bond motifs is 1. The van der Waals surface area contributed by atoms with Crippen LogP contribution < -0.4 is 0 Å². The van der Waals surface area contributed by atoms with Gasteiger partial charge in [-0.05, 0) is 25.0 Å². The van der Waals surface area contributed by atoms with Crippen LogP contribution in [0.25, 0.3) is 22.4 Å². The van der Waals surface area contributed by atoms with E-state index in [4.69, 9.17) is 0 Å². The first-order chi connectivity index (χ1) is 10.4. The molecule has 0 atom stereocenters. The Morgan fingerprint density at radius 3 is 2.67 bits per heavy atom. The molecule has 1 saturated carbocycles. The first-order valence-corrected chi connectivity index (χ1v) is 7.68. The van der Waals surface area contributed by atoms with Gasteiger partial charge in [-0.3, -0.25) is 5.10 Å². The smallest absolute Gasteiger partial charge is 0.199 e. The van der Waals surface area contributed by atoms with Crippen LogP contribution in [-0.4, -0.2) is 20.2 Å². The van der Waals surface area contributed by atoms with E-state index >= 15 is 0 Å². The number of benzene rings is 1. The summed E-state index contributed by atoms with van der Waals surface area (Å²) in [6.45, 7) is 0. The van der Waals surface area contributed by atoms with Crippen molar-refractivity contribution in [2.24, 2.45) is 0 Å². The topological polar surface area (TPSA) is 54.5 Å². The van der Waals surface area contributed by atoms with Gasteiger partial charge in [0.1, 0.15) is 11.5 Å². The van der Waals surface area contributed by atoms with Crippen molar-refractivity contribution < 1.29 is 0 Å². The summed E-state index contributed by atoms with van der Waals surface area (Å²) in [5.74, 6) is 2.28. The Morgan fingerprint density at radius 2 is 1.76 bits per heavy atom. The van der Waals surface area contributed by atoms with Gasteiger partial charge in [0, 0.05) is 11.3 Å². The molecule has 0 bridgehead atoms. The monoisotopic (exact) mass is 278 g/mol. The molecule has 106 valence electrons. The summed E-state index contributed by atoms with van der Waals surface area (Å²) < 4.78 is 0. The van der Waals surface area contributed by atoms with Crippen LogP contribution in [0.1, 0.15) is 43.8 Å². The zero-order chi connectivity index (χ0) is 14.1. The van der Waals surface area contributed by atoms with Crippen LogP contribution in [0.3, 0.4) is 0 Å². The number of para-hydroxylation sites is 1. The van der Waals surface area contributed by atoms with Gasteiger partial charge in [0.25, 0.3) is 0 Å². The first-order valence-electron chi connectivity index (χ1n) is 7.68. The third kappa shape index (κ3) is 2.42. The van der Waals surface area contributed by atoms with E-state index in [0.29, 0.717) is 11.7 Å². The molecule has 0 saturated heterocycles. The summed E-state index contributed by atoms with van der Waals surface area (Å²) in [5, 5.41) is 8.63. The fourth-order valence-corrected chi connectivity index (χ4v) is 3.14. The van der Waals surface area contributed by atoms with Crippen molar-refractivity contribution >= 4 is 10.9 Å². The number of H-pyrrole nitrogens is 1. The maximum absolute atomic E-state index is 4.68. The Bertz CT molecular complexity index is 756. The lowest BCUT2D eigenvalue weighted by Gasteiger charge is -2.18. The van der Waals surface area contributed by atoms with Gasteiger partial charge >= 0.3 is 0 Å². The fraction of sp³-hybridized carbons (Fsp3) is 0.353. The summed E-state index contributed by atoms with van der Waals surface area (Å²) >= 11 is 0. The van der Waals surface area contributed by atoms with E-state index in [1.807, 2.05) is 24.3 Å². The third-order valence-corrected chi connectivity index (χ3v) is 4.32. The minimum absolute atomic E-state index is 0.542. The van der Waals surface area contributed by atoms with Gasteiger partial charge in [-0.15, -0.1) is 0 Å². The standard InChI is InChI=1S/C17H18N4/c1-2-7-13(8-3-1)16-19-17(21-20-16)15-11-10-12-6-4-5-9-14(12)18-15/h4-6,9-11,13H,1-3,7-8H2,(H,19,20,21). The molecule has 4 heteroatoms. The van der Waals surface area contributed by atoms with Crippen LogP contribution in [0.4, 0.5) is 0 Å². The van der Waals surface area contributed by atoms with Crippen molar-refractivity contribution in [3.63, 3.8) is 0 Å². The van der Waals surface area contributed by atoms with Crippen molar-refractivity contribution in [3.05, 3.63) is 42.2 Å². The lowest BCUT2D eigenvalue weighted by molar-refractivity contribution is 0.429. The highest BCUT2D eigenvalue weighted by molar-refractivity contribution is 5.80. The van der Waals surface area contributed by atoms with Gasteiger partial charge in [0.2, 0.25) is 0 Å². The number of nitrogens with one attached hydrogen (secondary N) is 1. The lowest BCUT2D eigenvalue weighted by atomic mass is 9.89. The Morgan fingerprint density at radius 1 is 0.905 bits per heavy atom. The molecule has 0 amide bonds. The van der Waals surface area contributed by atoms with Gasteiger partial charge in [0.15, 0.2) is 5.82 Å². The van der Waals surface area contributed by atoms with Crippen LogP contribution >= 0.6 is 0 Å².